The molecule has 3 saturated heterocycles. The van der Waals surface area contributed by atoms with E-state index in [2.05, 4.69) is 52.8 Å². The van der Waals surface area contributed by atoms with Crippen molar-refractivity contribution in [2.75, 3.05) is 58.8 Å². The van der Waals surface area contributed by atoms with E-state index in [4.69, 9.17) is 22.9 Å². The van der Waals surface area contributed by atoms with E-state index in [1.54, 1.807) is 129 Å². The number of nitrogens with zero attached hydrogens (tertiary/aromatic N) is 5. The molecule has 1 unspecified atom stereocenters. The Morgan fingerprint density at radius 3 is 1.67 bits per heavy atom. The van der Waals surface area contributed by atoms with Crippen molar-refractivity contribution in [1.29, 1.82) is 0 Å². The summed E-state index contributed by atoms with van der Waals surface area (Å²) >= 11 is 0.682. The summed E-state index contributed by atoms with van der Waals surface area (Å²) in [6.07, 6.45) is -1.16. The third kappa shape index (κ3) is 29.4. The number of hydrogen-bond donors (Lipinski definition) is 16. The topological polar surface area (TPSA) is 541 Å². The first-order valence-electron chi connectivity index (χ1n) is 46.4. The molecule has 0 aliphatic carbocycles. The third-order valence-electron chi connectivity index (χ3n) is 25.2. The van der Waals surface area contributed by atoms with Crippen LogP contribution in [0.3, 0.4) is 0 Å². The van der Waals surface area contributed by atoms with Crippen LogP contribution in [0.25, 0.3) is 10.9 Å². The number of thioether (sulfide) groups is 1. The highest BCUT2D eigenvalue weighted by Crippen LogP contribution is 2.30. The summed E-state index contributed by atoms with van der Waals surface area (Å²) in [5.74, 6) is -21.5. The molecule has 15 amide bonds. The van der Waals surface area contributed by atoms with Gasteiger partial charge in [0.05, 0.1) is 30.8 Å². The number of halogens is 3. The summed E-state index contributed by atoms with van der Waals surface area (Å²) < 4.78 is 45.2. The van der Waals surface area contributed by atoms with Gasteiger partial charge in [0.2, 0.25) is 88.6 Å². The SMILES string of the molecule is CCCC[C@H]1C(=O)N2CCC[C@@H]2C(=O)N[C@@H](CC(N)=O)C(=O)N[C@@H](C(C)C)C(=O)N(C)[C@@H](Cc2ccccc2)C(=O)N[C@@H](Cc2ccc(CN)cc2)C(O)N2CCC[C@@H]2C(=O)N[C@@H](Cc2c[nH]c3ccccc23)C(=O)N[C@@H](Cc2ccc(O)cc2)C(=O)N[C@@H](CCCCN)C(=O)N[C@H](C(=O)NCC(N)=O)CSCC(=O)N[C@@H](Cc2cc(F)c(F)c(F)c2)C(=O)N(C)[C@@H](Cc2ccccc2)C(=O)N1C. The van der Waals surface area contributed by atoms with Gasteiger partial charge < -0.3 is 106 Å². The summed E-state index contributed by atoms with van der Waals surface area (Å²) in [6.45, 7) is 4.53. The van der Waals surface area contributed by atoms with Crippen molar-refractivity contribution in [2.24, 2.45) is 28.9 Å². The molecule has 0 spiro atoms. The van der Waals surface area contributed by atoms with Crippen LogP contribution >= 0.6 is 11.8 Å². The largest absolute Gasteiger partial charge is 0.508 e. The number of rotatable bonds is 26. The number of hydrogen-bond acceptors (Lipinski definition) is 21. The molecule has 40 heteroatoms. The molecule has 0 saturated carbocycles. The molecular weight excluding hydrogens is 1800 g/mol. The smallest absolute Gasteiger partial charge is 0.246 e. The van der Waals surface area contributed by atoms with E-state index in [0.29, 0.717) is 81.9 Å². The van der Waals surface area contributed by atoms with Crippen molar-refractivity contribution in [3.8, 4) is 5.75 Å². The Morgan fingerprint density at radius 1 is 0.507 bits per heavy atom. The molecule has 138 heavy (non-hydrogen) atoms. The van der Waals surface area contributed by atoms with Gasteiger partial charge in [-0.15, -0.1) is 11.8 Å². The summed E-state index contributed by atoms with van der Waals surface area (Å²) in [5, 5.41) is 48.6. The number of amides is 15. The van der Waals surface area contributed by atoms with Gasteiger partial charge in [-0.05, 0) is 140 Å². The summed E-state index contributed by atoms with van der Waals surface area (Å²) in [6, 6.07) is 17.9. The number of aromatic hydroxyl groups is 1. The van der Waals surface area contributed by atoms with Crippen LogP contribution in [0, 0.1) is 23.4 Å². The number of aliphatic hydroxyl groups excluding tert-OH is 1. The predicted octanol–water partition coefficient (Wildman–Crippen LogP) is 1.84. The number of para-hydroxylation sites is 1. The van der Waals surface area contributed by atoms with Gasteiger partial charge in [-0.2, -0.15) is 0 Å². The fourth-order valence-corrected chi connectivity index (χ4v) is 18.3. The average Bonchev–Trinajstić information content (AvgIpc) is 1.51. The zero-order chi connectivity index (χ0) is 100. The minimum absolute atomic E-state index is 0.00295. The van der Waals surface area contributed by atoms with Crippen LogP contribution in [0.2, 0.25) is 0 Å². The Morgan fingerprint density at radius 2 is 1.04 bits per heavy atom. The second-order valence-electron chi connectivity index (χ2n) is 35.6. The number of carbonyl (C=O) groups excluding carboxylic acids is 15. The number of carbonyl (C=O) groups is 15. The van der Waals surface area contributed by atoms with Crippen molar-refractivity contribution in [3.05, 3.63) is 208 Å². The monoisotopic (exact) mass is 1930 g/mol. The van der Waals surface area contributed by atoms with E-state index in [-0.39, 0.29) is 115 Å². The molecule has 7 aromatic rings. The Balaban J connectivity index is 1.06. The molecule has 0 radical (unpaired) electrons. The number of aliphatic hydroxyl groups is 1. The average molecular weight is 1930 g/mol. The molecule has 36 nitrogen and oxygen atoms in total. The maximum absolute atomic E-state index is 15.8. The Bertz CT molecular complexity index is 5420. The normalized spacial score (nSPS) is 23.8. The lowest BCUT2D eigenvalue weighted by Crippen LogP contribution is -2.63. The molecule has 14 atom stereocenters. The van der Waals surface area contributed by atoms with Crippen LogP contribution in [-0.2, 0) is 117 Å². The van der Waals surface area contributed by atoms with Crippen molar-refractivity contribution < 1.29 is 95.3 Å². The van der Waals surface area contributed by atoms with Crippen molar-refractivity contribution in [2.45, 2.75) is 221 Å². The molecule has 4 heterocycles. The van der Waals surface area contributed by atoms with E-state index in [1.807, 2.05) is 6.92 Å². The Labute approximate surface area is 802 Å². The molecule has 742 valence electrons. The molecule has 3 fully saturated rings. The van der Waals surface area contributed by atoms with Gasteiger partial charge in [-0.3, -0.25) is 76.8 Å². The molecule has 20 N–H and O–H groups in total. The highest BCUT2D eigenvalue weighted by Gasteiger charge is 2.47. The first kappa shape index (κ1) is 107. The maximum Gasteiger partial charge on any atom is 0.246 e. The van der Waals surface area contributed by atoms with Gasteiger partial charge >= 0.3 is 0 Å². The van der Waals surface area contributed by atoms with Crippen LogP contribution in [0.1, 0.15) is 130 Å². The number of unbranched alkanes of at least 4 members (excludes halogenated alkanes) is 2. The van der Waals surface area contributed by atoms with E-state index >= 15 is 61.5 Å². The Hall–Kier alpha value is -13.3. The minimum Gasteiger partial charge on any atom is -0.508 e. The lowest BCUT2D eigenvalue weighted by molar-refractivity contribution is -0.152. The number of phenolic OH excluding ortho intramolecular Hbond substituents is 1. The highest BCUT2D eigenvalue weighted by molar-refractivity contribution is 8.00. The molecule has 1 aromatic heterocycles. The molecule has 0 bridgehead atoms. The number of primary amides is 2. The second kappa shape index (κ2) is 51.2. The van der Waals surface area contributed by atoms with Crippen LogP contribution in [0.4, 0.5) is 13.2 Å². The zero-order valence-corrected chi connectivity index (χ0v) is 79.0. The molecular formula is C98H126F3N19O17S. The number of aromatic nitrogens is 1. The van der Waals surface area contributed by atoms with Gasteiger partial charge in [0.25, 0.3) is 0 Å². The van der Waals surface area contributed by atoms with Crippen molar-refractivity contribution in [3.63, 3.8) is 0 Å². The molecule has 10 rings (SSSR count). The van der Waals surface area contributed by atoms with Crippen LogP contribution in [-0.4, -0.2) is 272 Å². The van der Waals surface area contributed by atoms with Crippen molar-refractivity contribution >= 4 is 111 Å². The summed E-state index contributed by atoms with van der Waals surface area (Å²) in [7, 11) is 3.87. The first-order valence-corrected chi connectivity index (χ1v) is 47.5. The van der Waals surface area contributed by atoms with Gasteiger partial charge in [-0.25, -0.2) is 13.2 Å². The summed E-state index contributed by atoms with van der Waals surface area (Å²) in [5.41, 5.74) is 26.9. The molecule has 6 aromatic carbocycles. The quantitative estimate of drug-likeness (QED) is 0.0272. The third-order valence-corrected chi connectivity index (χ3v) is 26.2. The number of H-pyrrole nitrogens is 1. The number of fused-ring (bicyclic) bond motifs is 3. The lowest BCUT2D eigenvalue weighted by Gasteiger charge is -2.38. The van der Waals surface area contributed by atoms with E-state index in [1.165, 1.54) is 55.2 Å². The number of aromatic amines is 1. The first-order chi connectivity index (χ1) is 65.9. The van der Waals surface area contributed by atoms with Crippen molar-refractivity contribution in [1.82, 2.24) is 77.3 Å². The predicted molar refractivity (Wildman–Crippen MR) is 508 cm³/mol. The number of benzene rings is 6. The molecule has 3 aliphatic rings. The van der Waals surface area contributed by atoms with Gasteiger partial charge in [-0.1, -0.05) is 149 Å². The minimum atomic E-state index is -1.86. The van der Waals surface area contributed by atoms with E-state index in [9.17, 15) is 33.8 Å². The second-order valence-corrected chi connectivity index (χ2v) is 36.6. The van der Waals surface area contributed by atoms with Crippen LogP contribution in [0.15, 0.2) is 152 Å². The fraction of sp³-hybridized carbons (Fsp3) is 0.459. The highest BCUT2D eigenvalue weighted by atomic mass is 32.2. The van der Waals surface area contributed by atoms with Gasteiger partial charge in [0.1, 0.15) is 78.4 Å². The fourth-order valence-electron chi connectivity index (χ4n) is 17.4. The number of likely N-dealkylation sites (N-methyl/N-ethyl adjacent to an activating group) is 3. The lowest BCUT2D eigenvalue weighted by atomic mass is 9.97. The maximum atomic E-state index is 15.8. The van der Waals surface area contributed by atoms with Crippen LogP contribution < -0.4 is 70.8 Å². The number of phenols is 1. The van der Waals surface area contributed by atoms with Crippen LogP contribution in [0.5, 0.6) is 5.75 Å². The summed E-state index contributed by atoms with van der Waals surface area (Å²) in [4.78, 5) is 233. The van der Waals surface area contributed by atoms with E-state index in [0.717, 1.165) is 20.3 Å². The molecule has 3 aliphatic heterocycles. The Kier molecular flexibility index (Phi) is 39.6. The standard InChI is InChI=1S/C98H126F3N19O17S/c1-7-8-28-78-97(136)120-41-20-30-77(120)92(131)112-72(50-81(104)122)90(129)115-85(56(2)3)98(137)117(5)79(47-57-21-11-9-12-22-57)93(132)113-74(45-59-31-33-61(51-103)34-32-59)95(134)119-40-19-29-76(119)91(130)111-71(49-63-52-106-68-26-16-15-25-65(63)68)89(128)110-70(44-60-35-37-64(121)38-36-60)88(127)109-69(27-17-18-39-102)87(126)114-75(86(125)107-53-82(105)123)54-138-55-83(124)108-73(46-62-42-66(99)84(101)67(100)43-62)94(133)118(6)80(96(135)116(78)4)48-58-23-13-10-14-24-58/h9-16,21-26,31-38,42-43,52,56,69-80,85,95,106,121,134H,7-8,17-20,27-30,39-41,44-51,53-55,102-103H2,1-6H3,(H2,104,122)(H2,105,123)(H,107,125)(H,108,124)(H,109,127)(H,110,128)(H,111,130)(H,112,131)(H,113,132)(H,114,126)(H,115,129)/t69-,70-,71-,72-,73-,74-,75-,76+,77+,78-,79-,80-,85-,95?/m0/s1. The van der Waals surface area contributed by atoms with Gasteiger partial charge in [0, 0.05) is 95.7 Å². The number of nitrogens with two attached hydrogens (primary N) is 4. The number of nitrogens with one attached hydrogen (secondary N) is 10. The zero-order valence-electron chi connectivity index (χ0n) is 78.2. The van der Waals surface area contributed by atoms with E-state index < -0.39 is 228 Å². The van der Waals surface area contributed by atoms with Gasteiger partial charge in [0.15, 0.2) is 17.5 Å².